The fourth-order valence-electron chi connectivity index (χ4n) is 1.10. The number of ether oxygens (including phenoxy) is 1. The molecule has 0 aromatic carbocycles. The monoisotopic (exact) mass is 226 g/mol. The van der Waals surface area contributed by atoms with Gasteiger partial charge < -0.3 is 4.74 Å². The summed E-state index contributed by atoms with van der Waals surface area (Å²) in [5.41, 5.74) is -0.524. The number of hydrogen-bond acceptors (Lipinski definition) is 3. The van der Waals surface area contributed by atoms with E-state index in [9.17, 15) is 18.4 Å². The van der Waals surface area contributed by atoms with Crippen LogP contribution in [0.1, 0.15) is 0 Å². The Morgan fingerprint density at radius 3 is 2.81 bits per heavy atom. The molecular weight excluding hydrogens is 218 g/mol. The lowest BCUT2D eigenvalue weighted by molar-refractivity contribution is -0.134. The number of esters is 1. The summed E-state index contributed by atoms with van der Waals surface area (Å²) < 4.78 is 30.5. The SMILES string of the molecule is COC(=O)/C=C/C1=CC(F)C(=C=O)C(F)=C1. The van der Waals surface area contributed by atoms with Crippen molar-refractivity contribution in [3.8, 4) is 0 Å². The van der Waals surface area contributed by atoms with Crippen LogP contribution < -0.4 is 0 Å². The molecule has 0 radical (unpaired) electrons. The molecule has 0 heterocycles. The lowest BCUT2D eigenvalue weighted by Gasteiger charge is -2.09. The molecule has 3 nitrogen and oxygen atoms in total. The lowest BCUT2D eigenvalue weighted by Crippen LogP contribution is -2.08. The molecule has 1 rings (SSSR count). The largest absolute Gasteiger partial charge is 0.466 e. The van der Waals surface area contributed by atoms with Gasteiger partial charge in [-0.05, 0) is 23.8 Å². The standard InChI is InChI=1S/C11H8F2O3/c1-16-11(15)3-2-7-4-9(12)8(6-14)10(13)5-7/h2-5,9H,1H3/b3-2+. The van der Waals surface area contributed by atoms with Crippen LogP contribution in [0, 0.1) is 0 Å². The Balaban J connectivity index is 2.91. The molecule has 1 aliphatic carbocycles. The third-order valence-corrected chi connectivity index (χ3v) is 1.89. The number of methoxy groups -OCH3 is 1. The highest BCUT2D eigenvalue weighted by molar-refractivity contribution is 5.82. The zero-order valence-electron chi connectivity index (χ0n) is 8.37. The van der Waals surface area contributed by atoms with Gasteiger partial charge in [0.25, 0.3) is 0 Å². The Hall–Kier alpha value is -2.00. The molecule has 0 aromatic heterocycles. The highest BCUT2D eigenvalue weighted by Gasteiger charge is 2.21. The van der Waals surface area contributed by atoms with Crippen LogP contribution in [0.25, 0.3) is 0 Å². The fourth-order valence-corrected chi connectivity index (χ4v) is 1.10. The predicted octanol–water partition coefficient (Wildman–Crippen LogP) is 1.61. The average Bonchev–Trinajstić information content (AvgIpc) is 2.25. The lowest BCUT2D eigenvalue weighted by atomic mass is 10.0. The summed E-state index contributed by atoms with van der Waals surface area (Å²) in [7, 11) is 1.18. The third kappa shape index (κ3) is 2.74. The Morgan fingerprint density at radius 2 is 2.31 bits per heavy atom. The van der Waals surface area contributed by atoms with Crippen LogP contribution in [0.4, 0.5) is 8.78 Å². The minimum absolute atomic E-state index is 0.148. The number of halogens is 2. The fraction of sp³-hybridized carbons (Fsp3) is 0.182. The zero-order valence-corrected chi connectivity index (χ0v) is 8.37. The first-order chi connectivity index (χ1) is 7.58. The molecule has 0 amide bonds. The summed E-state index contributed by atoms with van der Waals surface area (Å²) in [6.45, 7) is 0. The van der Waals surface area contributed by atoms with E-state index in [1.807, 2.05) is 0 Å². The summed E-state index contributed by atoms with van der Waals surface area (Å²) in [5, 5.41) is 0. The highest BCUT2D eigenvalue weighted by atomic mass is 19.1. The second kappa shape index (κ2) is 5.19. The molecule has 1 aliphatic rings. The number of carbonyl (C=O) groups is 1. The van der Waals surface area contributed by atoms with Crippen LogP contribution in [0.2, 0.25) is 0 Å². The smallest absolute Gasteiger partial charge is 0.330 e. The van der Waals surface area contributed by atoms with Crippen molar-refractivity contribution in [2.24, 2.45) is 0 Å². The van der Waals surface area contributed by atoms with Gasteiger partial charge in [-0.1, -0.05) is 0 Å². The van der Waals surface area contributed by atoms with Gasteiger partial charge in [0, 0.05) is 6.08 Å². The van der Waals surface area contributed by atoms with Crippen LogP contribution in [0.3, 0.4) is 0 Å². The van der Waals surface area contributed by atoms with Crippen molar-refractivity contribution < 1.29 is 23.1 Å². The topological polar surface area (TPSA) is 43.4 Å². The quantitative estimate of drug-likeness (QED) is 0.408. The molecule has 16 heavy (non-hydrogen) atoms. The molecule has 0 bridgehead atoms. The normalized spacial score (nSPS) is 20.2. The minimum Gasteiger partial charge on any atom is -0.466 e. The van der Waals surface area contributed by atoms with Gasteiger partial charge in [-0.2, -0.15) is 0 Å². The van der Waals surface area contributed by atoms with Crippen molar-refractivity contribution in [2.45, 2.75) is 6.17 Å². The first-order valence-electron chi connectivity index (χ1n) is 4.33. The van der Waals surface area contributed by atoms with E-state index < -0.39 is 23.5 Å². The molecule has 1 atom stereocenters. The third-order valence-electron chi connectivity index (χ3n) is 1.89. The molecule has 0 aliphatic heterocycles. The van der Waals surface area contributed by atoms with Crippen LogP contribution in [-0.2, 0) is 14.3 Å². The van der Waals surface area contributed by atoms with Crippen LogP contribution in [-0.4, -0.2) is 25.2 Å². The van der Waals surface area contributed by atoms with E-state index >= 15 is 0 Å². The van der Waals surface area contributed by atoms with Crippen molar-refractivity contribution in [3.63, 3.8) is 0 Å². The molecule has 0 fully saturated rings. The minimum atomic E-state index is -1.85. The van der Waals surface area contributed by atoms with Gasteiger partial charge in [-0.15, -0.1) is 0 Å². The molecule has 0 aromatic rings. The van der Waals surface area contributed by atoms with E-state index in [-0.39, 0.29) is 5.57 Å². The second-order valence-electron chi connectivity index (χ2n) is 2.93. The maximum absolute atomic E-state index is 13.1. The summed E-state index contributed by atoms with van der Waals surface area (Å²) in [4.78, 5) is 20.9. The molecule has 1 unspecified atom stereocenters. The van der Waals surface area contributed by atoms with Crippen molar-refractivity contribution >= 4 is 11.9 Å². The van der Waals surface area contributed by atoms with E-state index in [0.717, 1.165) is 18.2 Å². The maximum Gasteiger partial charge on any atom is 0.330 e. The van der Waals surface area contributed by atoms with Crippen LogP contribution in [0.5, 0.6) is 0 Å². The summed E-state index contributed by atoms with van der Waals surface area (Å²) in [6.07, 6.45) is 2.32. The van der Waals surface area contributed by atoms with Gasteiger partial charge in [-0.3, -0.25) is 0 Å². The summed E-state index contributed by atoms with van der Waals surface area (Å²) in [5.74, 6) is -0.440. The molecule has 84 valence electrons. The van der Waals surface area contributed by atoms with E-state index in [0.29, 0.717) is 0 Å². The van der Waals surface area contributed by atoms with Gasteiger partial charge in [-0.25, -0.2) is 18.4 Å². The van der Waals surface area contributed by atoms with Crippen LogP contribution in [0.15, 0.2) is 41.3 Å². The number of hydrogen-bond donors (Lipinski definition) is 0. The van der Waals surface area contributed by atoms with Gasteiger partial charge in [0.15, 0.2) is 6.17 Å². The van der Waals surface area contributed by atoms with E-state index in [2.05, 4.69) is 4.74 Å². The van der Waals surface area contributed by atoms with E-state index in [1.54, 1.807) is 0 Å². The molecule has 0 saturated carbocycles. The Labute approximate surface area is 90.4 Å². The van der Waals surface area contributed by atoms with Crippen molar-refractivity contribution in [2.75, 3.05) is 7.11 Å². The van der Waals surface area contributed by atoms with Crippen LogP contribution >= 0.6 is 0 Å². The van der Waals surface area contributed by atoms with Gasteiger partial charge in [0.1, 0.15) is 17.3 Å². The summed E-state index contributed by atoms with van der Waals surface area (Å²) >= 11 is 0. The van der Waals surface area contributed by atoms with Gasteiger partial charge in [0.2, 0.25) is 0 Å². The number of alkyl halides is 1. The molecule has 0 saturated heterocycles. The van der Waals surface area contributed by atoms with Gasteiger partial charge >= 0.3 is 5.97 Å². The van der Waals surface area contributed by atoms with E-state index in [4.69, 9.17) is 0 Å². The second-order valence-corrected chi connectivity index (χ2v) is 2.93. The first kappa shape index (κ1) is 12.1. The number of carbonyl (C=O) groups excluding carboxylic acids is 2. The van der Waals surface area contributed by atoms with Crippen molar-refractivity contribution in [3.05, 3.63) is 41.3 Å². The Kier molecular flexibility index (Phi) is 3.91. The Bertz CT molecular complexity index is 440. The molecular formula is C11H8F2O3. The first-order valence-corrected chi connectivity index (χ1v) is 4.33. The highest BCUT2D eigenvalue weighted by Crippen LogP contribution is 2.25. The van der Waals surface area contributed by atoms with E-state index in [1.165, 1.54) is 19.1 Å². The van der Waals surface area contributed by atoms with Crippen molar-refractivity contribution in [1.82, 2.24) is 0 Å². The molecule has 0 N–H and O–H groups in total. The zero-order chi connectivity index (χ0) is 12.1. The number of rotatable bonds is 2. The molecule has 5 heteroatoms. The predicted molar refractivity (Wildman–Crippen MR) is 52.5 cm³/mol. The maximum atomic E-state index is 13.1. The van der Waals surface area contributed by atoms with Crippen molar-refractivity contribution in [1.29, 1.82) is 0 Å². The summed E-state index contributed by atoms with van der Waals surface area (Å²) in [6, 6.07) is 0. The molecule has 0 spiro atoms. The average molecular weight is 226 g/mol. The van der Waals surface area contributed by atoms with Gasteiger partial charge in [0.05, 0.1) is 7.11 Å². The number of allylic oxidation sites excluding steroid dienone is 6. The Morgan fingerprint density at radius 1 is 1.62 bits per heavy atom.